The van der Waals surface area contributed by atoms with Crippen LogP contribution in [0.4, 0.5) is 15.3 Å². The summed E-state index contributed by atoms with van der Waals surface area (Å²) in [5, 5.41) is 78.7. The summed E-state index contributed by atoms with van der Waals surface area (Å²) in [5.41, 5.74) is 4.11. The van der Waals surface area contributed by atoms with Crippen molar-refractivity contribution in [3.63, 3.8) is 0 Å². The Labute approximate surface area is 434 Å². The zero-order valence-electron chi connectivity index (χ0n) is 42.5. The number of imide groups is 1. The van der Waals surface area contributed by atoms with E-state index < -0.39 is 150 Å². The Morgan fingerprint density at radius 1 is 0.908 bits per heavy atom. The third-order valence-corrected chi connectivity index (χ3v) is 13.5. The van der Waals surface area contributed by atoms with Crippen molar-refractivity contribution >= 4 is 47.4 Å². The Hall–Kier alpha value is -6.77. The van der Waals surface area contributed by atoms with Crippen molar-refractivity contribution in [1.29, 1.82) is 5.41 Å². The number of nitrogens with zero attached hydrogens (tertiary/aromatic N) is 3. The number of aliphatic hydroxyl groups excluding tert-OH is 4. The van der Waals surface area contributed by atoms with Gasteiger partial charge in [0, 0.05) is 45.6 Å². The third kappa shape index (κ3) is 12.9. The standard InChI is InChI=1S/C46H68N12O18/c1-19(2)26(41(67)68)54-44(69)55-27(23-12-15-50-43(48)51-23)38(65)53-28(30(60)20(3)4)37(64)49-14-7-16-56-29(39(66)58(46(56)71)21-8-10-22(72-5)11-9-21)34(76-42-36(73-6)31(61)24(18-47)74-42)35-32(62)33(63)40(75-35)57-17-13-25(59)52-45(57)70/h8-11,13,17,19-20,23-24,26-36,40,42,60-63H,7,12,14-16,18,47H2,1-6H3,(H,49,64)(H,53,65)(H,67,68)(H3,48,50,51)(H,52,59,70)(H2,54,55,69)/t23?,24-,26?,27?,28?,29?,30?,31+,32+,33-,34?,35+,36-,40-,42-/m1/s1. The van der Waals surface area contributed by atoms with E-state index in [1.165, 1.54) is 38.5 Å². The molecule has 1 aromatic carbocycles. The fourth-order valence-corrected chi connectivity index (χ4v) is 9.29. The van der Waals surface area contributed by atoms with Crippen LogP contribution < -0.4 is 58.5 Å². The molecule has 2 aromatic rings. The van der Waals surface area contributed by atoms with Crippen LogP contribution >= 0.6 is 0 Å². The highest BCUT2D eigenvalue weighted by Crippen LogP contribution is 2.39. The maximum atomic E-state index is 15.0. The highest BCUT2D eigenvalue weighted by molar-refractivity contribution is 6.21. The van der Waals surface area contributed by atoms with Crippen LogP contribution in [0.5, 0.6) is 5.75 Å². The van der Waals surface area contributed by atoms with Crippen molar-refractivity contribution in [2.75, 3.05) is 45.3 Å². The van der Waals surface area contributed by atoms with Crippen molar-refractivity contribution in [3.8, 4) is 5.75 Å². The molecule has 30 heteroatoms. The second-order valence-corrected chi connectivity index (χ2v) is 19.2. The normalized spacial score (nSPS) is 27.6. The van der Waals surface area contributed by atoms with Gasteiger partial charge in [0.2, 0.25) is 11.8 Å². The fourth-order valence-electron chi connectivity index (χ4n) is 9.29. The number of H-pyrrole nitrogens is 1. The Bertz CT molecular complexity index is 2530. The first kappa shape index (κ1) is 58.5. The van der Waals surface area contributed by atoms with Gasteiger partial charge in [-0.25, -0.2) is 24.1 Å². The summed E-state index contributed by atoms with van der Waals surface area (Å²) in [7, 11) is 2.64. The molecule has 0 radical (unpaired) electrons. The van der Waals surface area contributed by atoms with Gasteiger partial charge in [0.1, 0.15) is 72.6 Å². The van der Waals surface area contributed by atoms with Crippen molar-refractivity contribution in [2.45, 2.75) is 132 Å². The molecule has 0 bridgehead atoms. The number of aromatic amines is 1. The average molecular weight is 1080 g/mol. The molecule has 7 amide bonds. The van der Waals surface area contributed by atoms with Crippen LogP contribution in [-0.4, -0.2) is 207 Å². The van der Waals surface area contributed by atoms with Crippen LogP contribution in [0.1, 0.15) is 46.8 Å². The third-order valence-electron chi connectivity index (χ3n) is 13.5. The number of aliphatic carboxylic acids is 1. The zero-order chi connectivity index (χ0) is 55.9. The summed E-state index contributed by atoms with van der Waals surface area (Å²) in [4.78, 5) is 112. The second-order valence-electron chi connectivity index (χ2n) is 19.2. The number of aliphatic hydroxyl groups is 4. The number of carbonyl (C=O) groups excluding carboxylic acids is 5. The van der Waals surface area contributed by atoms with Gasteiger partial charge in [0.05, 0.1) is 24.9 Å². The fraction of sp³-hybridized carbons (Fsp3) is 0.630. The predicted molar refractivity (Wildman–Crippen MR) is 262 cm³/mol. The van der Waals surface area contributed by atoms with Crippen molar-refractivity contribution in [3.05, 3.63) is 57.4 Å². The molecule has 4 fully saturated rings. The number of anilines is 1. The van der Waals surface area contributed by atoms with Crippen molar-refractivity contribution < 1.29 is 78.0 Å². The first-order valence-corrected chi connectivity index (χ1v) is 24.5. The monoisotopic (exact) mass is 1080 g/mol. The SMILES string of the molecule is COc1ccc(N2C(=O)C(C(O[C@H]3O[C@H](CN)[C@H](O)[C@H]3OC)[C@H]3O[C@@H](n4ccc(=O)[nH]c4=O)[C@H](O)[C@@H]3O)N(CCCNC(=O)C(NC(=O)C(NC(=O)NC(C(=O)O)C(C)C)C3CCNC(=N)N3)C(O)C(C)C)C2=O)cc1. The maximum absolute atomic E-state index is 15.0. The van der Waals surface area contributed by atoms with Gasteiger partial charge in [0.25, 0.3) is 11.5 Å². The summed E-state index contributed by atoms with van der Waals surface area (Å²) < 4.78 is 30.0. The van der Waals surface area contributed by atoms with E-state index in [-0.39, 0.29) is 50.7 Å². The van der Waals surface area contributed by atoms with E-state index in [0.717, 1.165) is 26.6 Å². The molecule has 7 unspecified atom stereocenters. The molecular weight excluding hydrogens is 1010 g/mol. The minimum absolute atomic E-state index is 0.0520. The Kier molecular flexibility index (Phi) is 19.5. The number of rotatable bonds is 23. The van der Waals surface area contributed by atoms with E-state index in [4.69, 9.17) is 34.8 Å². The van der Waals surface area contributed by atoms with Crippen LogP contribution in [0, 0.1) is 17.2 Å². The summed E-state index contributed by atoms with van der Waals surface area (Å²) in [6, 6.07) is -2.48. The number of carboxylic acids is 1. The number of benzene rings is 1. The summed E-state index contributed by atoms with van der Waals surface area (Å²) in [6.45, 7) is 5.58. The van der Waals surface area contributed by atoms with Gasteiger partial charge in [-0.05, 0) is 48.9 Å². The molecule has 0 aliphatic carbocycles. The lowest BCUT2D eigenvalue weighted by molar-refractivity contribution is -0.232. The first-order chi connectivity index (χ1) is 36.0. The number of nitrogens with two attached hydrogens (primary N) is 1. The number of ether oxygens (including phenoxy) is 5. The Morgan fingerprint density at radius 2 is 1.61 bits per heavy atom. The highest BCUT2D eigenvalue weighted by atomic mass is 16.7. The van der Waals surface area contributed by atoms with Gasteiger partial charge in [-0.1, -0.05) is 27.7 Å². The topological polar surface area (TPSA) is 433 Å². The largest absolute Gasteiger partial charge is 0.497 e. The quantitative estimate of drug-likeness (QED) is 0.0366. The number of carbonyl (C=O) groups is 6. The number of aromatic nitrogens is 2. The van der Waals surface area contributed by atoms with Gasteiger partial charge in [-0.15, -0.1) is 0 Å². The number of carboxylic acid groups (broad SMARTS) is 1. The lowest BCUT2D eigenvalue weighted by Gasteiger charge is -2.36. The zero-order valence-corrected chi connectivity index (χ0v) is 42.5. The summed E-state index contributed by atoms with van der Waals surface area (Å²) in [6.07, 6.45) is -15.0. The molecule has 4 aliphatic rings. The van der Waals surface area contributed by atoms with E-state index in [1.807, 2.05) is 4.98 Å². The van der Waals surface area contributed by atoms with Crippen LogP contribution in [0.15, 0.2) is 46.1 Å². The van der Waals surface area contributed by atoms with Gasteiger partial charge in [-0.2, -0.15) is 0 Å². The molecule has 30 nitrogen and oxygen atoms in total. The summed E-state index contributed by atoms with van der Waals surface area (Å²) >= 11 is 0. The minimum Gasteiger partial charge on any atom is -0.497 e. The molecule has 0 spiro atoms. The van der Waals surface area contributed by atoms with E-state index in [0.29, 0.717) is 5.75 Å². The molecule has 420 valence electrons. The van der Waals surface area contributed by atoms with E-state index in [9.17, 15) is 63.9 Å². The van der Waals surface area contributed by atoms with Crippen LogP contribution in [0.25, 0.3) is 0 Å². The van der Waals surface area contributed by atoms with Crippen LogP contribution in [0.2, 0.25) is 0 Å². The average Bonchev–Trinajstić information content (AvgIpc) is 3.95. The molecule has 4 aliphatic heterocycles. The molecule has 6 rings (SSSR count). The molecule has 0 saturated carbocycles. The van der Waals surface area contributed by atoms with Gasteiger partial charge < -0.3 is 91.8 Å². The lowest BCUT2D eigenvalue weighted by Crippen LogP contribution is -2.67. The van der Waals surface area contributed by atoms with E-state index in [2.05, 4.69) is 31.9 Å². The number of methoxy groups -OCH3 is 2. The molecule has 15 N–H and O–H groups in total. The molecule has 1 aromatic heterocycles. The number of hydrogen-bond donors (Lipinski definition) is 14. The summed E-state index contributed by atoms with van der Waals surface area (Å²) in [5.74, 6) is -5.19. The Morgan fingerprint density at radius 3 is 2.20 bits per heavy atom. The van der Waals surface area contributed by atoms with E-state index in [1.54, 1.807) is 27.7 Å². The number of urea groups is 2. The predicted octanol–water partition coefficient (Wildman–Crippen LogP) is -4.88. The molecule has 5 heterocycles. The van der Waals surface area contributed by atoms with Crippen molar-refractivity contribution in [1.82, 2.24) is 46.4 Å². The second kappa shape index (κ2) is 25.4. The number of amides is 7. The maximum Gasteiger partial charge on any atom is 0.332 e. The molecule has 4 saturated heterocycles. The molecule has 76 heavy (non-hydrogen) atoms. The Balaban J connectivity index is 1.29. The van der Waals surface area contributed by atoms with Gasteiger partial charge in [-0.3, -0.25) is 34.1 Å². The number of hydrogen-bond acceptors (Lipinski definition) is 19. The van der Waals surface area contributed by atoms with Crippen LogP contribution in [0.3, 0.4) is 0 Å². The minimum atomic E-state index is -1.98. The van der Waals surface area contributed by atoms with Crippen LogP contribution in [-0.2, 0) is 38.1 Å². The number of nitrogens with one attached hydrogen (secondary N) is 8. The number of guanidine groups is 1. The lowest BCUT2D eigenvalue weighted by atomic mass is 9.97. The van der Waals surface area contributed by atoms with Gasteiger partial charge in [0.15, 0.2) is 18.5 Å². The van der Waals surface area contributed by atoms with Gasteiger partial charge >= 0.3 is 23.7 Å². The highest BCUT2D eigenvalue weighted by Gasteiger charge is 2.59. The molecule has 15 atom stereocenters. The van der Waals surface area contributed by atoms with Crippen molar-refractivity contribution in [2.24, 2.45) is 17.6 Å². The smallest absolute Gasteiger partial charge is 0.332 e. The molecular formula is C46H68N12O18. The first-order valence-electron chi connectivity index (χ1n) is 24.5. The van der Waals surface area contributed by atoms with E-state index >= 15 is 0 Å².